The van der Waals surface area contributed by atoms with Gasteiger partial charge >= 0.3 is 5.97 Å². The third kappa shape index (κ3) is 4.00. The predicted molar refractivity (Wildman–Crippen MR) is 108 cm³/mol. The topological polar surface area (TPSA) is 130 Å². The number of nitrogens with zero attached hydrogens (tertiary/aromatic N) is 2. The van der Waals surface area contributed by atoms with Crippen molar-refractivity contribution in [1.82, 2.24) is 15.1 Å². The summed E-state index contributed by atoms with van der Waals surface area (Å²) in [4.78, 5) is 39.4. The Bertz CT molecular complexity index is 947. The van der Waals surface area contributed by atoms with Crippen molar-refractivity contribution >= 4 is 17.8 Å². The van der Waals surface area contributed by atoms with E-state index in [1.807, 2.05) is 6.92 Å². The second-order valence-corrected chi connectivity index (χ2v) is 8.07. The summed E-state index contributed by atoms with van der Waals surface area (Å²) in [6.07, 6.45) is -0.864. The zero-order valence-corrected chi connectivity index (χ0v) is 17.5. The molecule has 0 unspecified atom stereocenters. The van der Waals surface area contributed by atoms with Gasteiger partial charge in [0.05, 0.1) is 23.6 Å². The maximum Gasteiger partial charge on any atom is 0.352 e. The van der Waals surface area contributed by atoms with Gasteiger partial charge in [-0.1, -0.05) is 13.0 Å². The third-order valence-electron chi connectivity index (χ3n) is 5.96. The van der Waals surface area contributed by atoms with Gasteiger partial charge in [-0.3, -0.25) is 9.59 Å². The molecule has 1 aromatic rings. The van der Waals surface area contributed by atoms with Gasteiger partial charge in [-0.05, 0) is 31.7 Å². The monoisotopic (exact) mass is 435 g/mol. The summed E-state index contributed by atoms with van der Waals surface area (Å²) in [5.74, 6) is -4.71. The van der Waals surface area contributed by atoms with Crippen LogP contribution in [0.25, 0.3) is 0 Å². The minimum Gasteiger partial charge on any atom is -0.505 e. The Balaban J connectivity index is 1.63. The molecule has 4 N–H and O–H groups in total. The van der Waals surface area contributed by atoms with Crippen LogP contribution in [-0.2, 0) is 9.59 Å². The standard InChI is InChI=1S/C21H26FN3O6/c1-10-13(18(21(30)31)25-17(10)15(11(2)26)20(25)29)9-24(3)8-7-23-19(28)12-5-4-6-14(27)16(12)22/h4-6,10-11,15,17,26-27H,7-9H2,1-3H3,(H,23,28)(H,30,31)/t10-,11+,15+,17+/m0/s1. The maximum atomic E-state index is 13.8. The fraction of sp³-hybridized carbons (Fsp3) is 0.476. The lowest BCUT2D eigenvalue weighted by atomic mass is 9.77. The van der Waals surface area contributed by atoms with Gasteiger partial charge in [-0.2, -0.15) is 0 Å². The Morgan fingerprint density at radius 3 is 2.65 bits per heavy atom. The molecular weight excluding hydrogens is 409 g/mol. The lowest BCUT2D eigenvalue weighted by Crippen LogP contribution is -2.63. The first-order chi connectivity index (χ1) is 14.6. The van der Waals surface area contributed by atoms with Gasteiger partial charge in [0, 0.05) is 25.6 Å². The zero-order chi connectivity index (χ0) is 23.0. The van der Waals surface area contributed by atoms with E-state index in [4.69, 9.17) is 0 Å². The SMILES string of the molecule is C[C@@H](O)[C@H]1C(=O)N2C(C(=O)O)=C(CN(C)CCNC(=O)c3cccc(O)c3F)[C@H](C)[C@H]12. The van der Waals surface area contributed by atoms with Gasteiger partial charge in [0.25, 0.3) is 5.91 Å². The Morgan fingerprint density at radius 2 is 2.03 bits per heavy atom. The van der Waals surface area contributed by atoms with E-state index in [9.17, 15) is 34.1 Å². The number of aromatic hydroxyl groups is 1. The second kappa shape index (κ2) is 8.64. The summed E-state index contributed by atoms with van der Waals surface area (Å²) in [6.45, 7) is 4.12. The van der Waals surface area contributed by atoms with Gasteiger partial charge in [0.15, 0.2) is 11.6 Å². The Hall–Kier alpha value is -2.98. The maximum absolute atomic E-state index is 13.8. The molecular formula is C21H26FN3O6. The molecule has 10 heteroatoms. The summed E-state index contributed by atoms with van der Waals surface area (Å²) in [7, 11) is 1.74. The fourth-order valence-electron chi connectivity index (χ4n) is 4.37. The van der Waals surface area contributed by atoms with Crippen LogP contribution < -0.4 is 5.32 Å². The summed E-state index contributed by atoms with van der Waals surface area (Å²) in [5.41, 5.74) is 0.272. The number of benzene rings is 1. The van der Waals surface area contributed by atoms with Crippen molar-refractivity contribution in [2.24, 2.45) is 11.8 Å². The summed E-state index contributed by atoms with van der Waals surface area (Å²) < 4.78 is 13.8. The minimum atomic E-state index is -1.19. The van der Waals surface area contributed by atoms with Gasteiger partial charge in [-0.25, -0.2) is 9.18 Å². The first-order valence-corrected chi connectivity index (χ1v) is 9.98. The van der Waals surface area contributed by atoms with Crippen molar-refractivity contribution in [3.63, 3.8) is 0 Å². The van der Waals surface area contributed by atoms with Crippen LogP contribution >= 0.6 is 0 Å². The normalized spacial score (nSPS) is 23.6. The van der Waals surface area contributed by atoms with Crippen molar-refractivity contribution < 1.29 is 34.1 Å². The molecule has 0 radical (unpaired) electrons. The first kappa shape index (κ1) is 22.7. The van der Waals surface area contributed by atoms with Gasteiger partial charge < -0.3 is 30.4 Å². The van der Waals surface area contributed by atoms with Crippen LogP contribution in [0.4, 0.5) is 4.39 Å². The Morgan fingerprint density at radius 1 is 1.35 bits per heavy atom. The van der Waals surface area contributed by atoms with Crippen LogP contribution in [0, 0.1) is 17.7 Å². The molecule has 1 saturated heterocycles. The van der Waals surface area contributed by atoms with E-state index < -0.39 is 35.5 Å². The number of halogens is 1. The van der Waals surface area contributed by atoms with Crippen LogP contribution in [0.15, 0.2) is 29.5 Å². The minimum absolute atomic E-state index is 0.0443. The molecule has 31 heavy (non-hydrogen) atoms. The number of carboxylic acid groups (broad SMARTS) is 1. The number of likely N-dealkylation sites (N-methyl/N-ethyl adjacent to an activating group) is 1. The predicted octanol–water partition coefficient (Wildman–Crippen LogP) is 0.389. The van der Waals surface area contributed by atoms with Crippen LogP contribution in [0.2, 0.25) is 0 Å². The van der Waals surface area contributed by atoms with E-state index in [2.05, 4.69) is 5.32 Å². The lowest BCUT2D eigenvalue weighted by molar-refractivity contribution is -0.163. The number of nitrogens with one attached hydrogen (secondary N) is 1. The summed E-state index contributed by atoms with van der Waals surface area (Å²) in [5, 5.41) is 31.5. The van der Waals surface area contributed by atoms with E-state index in [-0.39, 0.29) is 42.2 Å². The van der Waals surface area contributed by atoms with Crippen molar-refractivity contribution in [2.75, 3.05) is 26.7 Å². The number of phenols is 1. The van der Waals surface area contributed by atoms with Crippen molar-refractivity contribution in [3.8, 4) is 5.75 Å². The van der Waals surface area contributed by atoms with Crippen molar-refractivity contribution in [3.05, 3.63) is 40.8 Å². The van der Waals surface area contributed by atoms with E-state index in [1.165, 1.54) is 24.0 Å². The number of fused-ring (bicyclic) bond motifs is 1. The molecule has 2 aliphatic rings. The molecule has 1 aromatic carbocycles. The van der Waals surface area contributed by atoms with E-state index >= 15 is 0 Å². The number of rotatable bonds is 8. The molecule has 3 rings (SSSR count). The van der Waals surface area contributed by atoms with E-state index in [0.717, 1.165) is 6.07 Å². The number of hydrogen-bond donors (Lipinski definition) is 4. The molecule has 1 fully saturated rings. The largest absolute Gasteiger partial charge is 0.505 e. The third-order valence-corrected chi connectivity index (χ3v) is 5.96. The van der Waals surface area contributed by atoms with Gasteiger partial charge in [0.1, 0.15) is 5.70 Å². The summed E-state index contributed by atoms with van der Waals surface area (Å²) >= 11 is 0. The number of aliphatic hydroxyl groups is 1. The molecule has 0 aliphatic carbocycles. The molecule has 0 bridgehead atoms. The molecule has 2 amide bonds. The Labute approximate surface area is 178 Å². The molecule has 9 nitrogen and oxygen atoms in total. The lowest BCUT2D eigenvalue weighted by Gasteiger charge is -2.46. The number of carbonyl (C=O) groups excluding carboxylic acids is 2. The van der Waals surface area contributed by atoms with Crippen molar-refractivity contribution in [1.29, 1.82) is 0 Å². The molecule has 0 aromatic heterocycles. The van der Waals surface area contributed by atoms with E-state index in [0.29, 0.717) is 12.1 Å². The highest BCUT2D eigenvalue weighted by Crippen LogP contribution is 2.47. The molecule has 2 aliphatic heterocycles. The summed E-state index contributed by atoms with van der Waals surface area (Å²) in [6, 6.07) is 3.40. The average Bonchev–Trinajstić information content (AvgIpc) is 2.92. The number of phenolic OH excluding ortho intramolecular Hbond substituents is 1. The number of carbonyl (C=O) groups is 3. The highest BCUT2D eigenvalue weighted by Gasteiger charge is 2.59. The smallest absolute Gasteiger partial charge is 0.352 e. The number of aliphatic carboxylic acids is 1. The zero-order valence-electron chi connectivity index (χ0n) is 17.5. The van der Waals surface area contributed by atoms with E-state index in [1.54, 1.807) is 11.9 Å². The average molecular weight is 435 g/mol. The number of aliphatic hydroxyl groups excluding tert-OH is 1. The fourth-order valence-corrected chi connectivity index (χ4v) is 4.37. The van der Waals surface area contributed by atoms with Crippen LogP contribution in [-0.4, -0.2) is 81.7 Å². The molecule has 0 spiro atoms. The second-order valence-electron chi connectivity index (χ2n) is 8.07. The molecule has 2 heterocycles. The number of β-lactam (4-membered cyclic amide) rings is 1. The molecule has 168 valence electrons. The first-order valence-electron chi connectivity index (χ1n) is 9.98. The highest BCUT2D eigenvalue weighted by molar-refractivity contribution is 6.00. The highest BCUT2D eigenvalue weighted by atomic mass is 19.1. The van der Waals surface area contributed by atoms with Crippen molar-refractivity contribution in [2.45, 2.75) is 26.0 Å². The van der Waals surface area contributed by atoms with Crippen LogP contribution in [0.1, 0.15) is 24.2 Å². The number of carboxylic acids is 1. The van der Waals surface area contributed by atoms with Gasteiger partial charge in [-0.15, -0.1) is 0 Å². The number of amides is 2. The molecule has 0 saturated carbocycles. The molecule has 4 atom stereocenters. The van der Waals surface area contributed by atoms with Crippen LogP contribution in [0.3, 0.4) is 0 Å². The number of hydrogen-bond acceptors (Lipinski definition) is 6. The quantitative estimate of drug-likeness (QED) is 0.435. The Kier molecular flexibility index (Phi) is 6.33. The van der Waals surface area contributed by atoms with Gasteiger partial charge in [0.2, 0.25) is 5.91 Å². The van der Waals surface area contributed by atoms with Crippen LogP contribution in [0.5, 0.6) is 5.75 Å².